The van der Waals surface area contributed by atoms with Crippen LogP contribution < -0.4 is 10.1 Å². The zero-order valence-electron chi connectivity index (χ0n) is 18.8. The van der Waals surface area contributed by atoms with E-state index in [1.54, 1.807) is 59.4 Å². The van der Waals surface area contributed by atoms with Crippen LogP contribution in [0, 0.1) is 5.82 Å². The Morgan fingerprint density at radius 3 is 2.47 bits per heavy atom. The number of hydrogen-bond donors (Lipinski definition) is 1. The van der Waals surface area contributed by atoms with Gasteiger partial charge in [-0.2, -0.15) is 0 Å². The molecule has 0 spiro atoms. The molecule has 7 nitrogen and oxygen atoms in total. The van der Waals surface area contributed by atoms with Crippen molar-refractivity contribution in [3.63, 3.8) is 0 Å². The predicted molar refractivity (Wildman–Crippen MR) is 131 cm³/mol. The second-order valence-corrected chi connectivity index (χ2v) is 9.92. The average Bonchev–Trinajstić information content (AvgIpc) is 3.37. The van der Waals surface area contributed by atoms with Gasteiger partial charge in [0.15, 0.2) is 0 Å². The van der Waals surface area contributed by atoms with Crippen molar-refractivity contribution in [1.29, 1.82) is 0 Å². The number of carbonyl (C=O) groups excluding carboxylic acids is 1. The molecule has 0 atom stereocenters. The fraction of sp³-hybridized carbons (Fsp3) is 0.0370. The number of imidazole rings is 1. The summed E-state index contributed by atoms with van der Waals surface area (Å²) in [6, 6.07) is 21.3. The van der Waals surface area contributed by atoms with E-state index in [2.05, 4.69) is 10.3 Å². The van der Waals surface area contributed by atoms with Gasteiger partial charge >= 0.3 is 0 Å². The Labute approximate surface area is 206 Å². The maximum Gasteiger partial charge on any atom is 0.253 e. The van der Waals surface area contributed by atoms with Gasteiger partial charge in [-0.3, -0.25) is 4.79 Å². The van der Waals surface area contributed by atoms with E-state index in [1.807, 2.05) is 0 Å². The first-order valence-electron chi connectivity index (χ1n) is 11.0. The molecule has 1 N–H and O–H groups in total. The molecule has 0 aliphatic carbocycles. The van der Waals surface area contributed by atoms with Crippen molar-refractivity contribution in [1.82, 2.24) is 14.7 Å². The molecule has 36 heavy (non-hydrogen) atoms. The lowest BCUT2D eigenvalue weighted by Crippen LogP contribution is -2.23. The quantitative estimate of drug-likeness (QED) is 0.338. The van der Waals surface area contributed by atoms with E-state index in [1.165, 1.54) is 48.5 Å². The Morgan fingerprint density at radius 2 is 1.69 bits per heavy atom. The highest BCUT2D eigenvalue weighted by Crippen LogP contribution is 2.27. The van der Waals surface area contributed by atoms with Crippen molar-refractivity contribution in [3.8, 4) is 11.5 Å². The van der Waals surface area contributed by atoms with Gasteiger partial charge in [0.2, 0.25) is 9.84 Å². The van der Waals surface area contributed by atoms with Crippen LogP contribution in [-0.4, -0.2) is 23.7 Å². The normalized spacial score (nSPS) is 11.4. The SMILES string of the molecule is O=C(NCc1ccc(S(=O)(=O)c2cccc(Oc3ccc(F)cc3)c2)cc1)c1ccc2nccn2c1. The molecule has 1 amide bonds. The molecule has 5 rings (SSSR count). The van der Waals surface area contributed by atoms with E-state index in [4.69, 9.17) is 4.74 Å². The molecule has 180 valence electrons. The molecule has 3 aromatic carbocycles. The lowest BCUT2D eigenvalue weighted by Gasteiger charge is -2.10. The number of sulfone groups is 1. The summed E-state index contributed by atoms with van der Waals surface area (Å²) in [5, 5.41) is 2.83. The third kappa shape index (κ3) is 4.96. The lowest BCUT2D eigenvalue weighted by molar-refractivity contribution is 0.0950. The second-order valence-electron chi connectivity index (χ2n) is 7.97. The van der Waals surface area contributed by atoms with Crippen LogP contribution in [0.25, 0.3) is 5.65 Å². The van der Waals surface area contributed by atoms with Gasteiger partial charge < -0.3 is 14.5 Å². The fourth-order valence-corrected chi connectivity index (χ4v) is 4.90. The summed E-state index contributed by atoms with van der Waals surface area (Å²) in [7, 11) is -3.80. The Kier molecular flexibility index (Phi) is 6.22. The number of ether oxygens (including phenoxy) is 1. The fourth-order valence-electron chi connectivity index (χ4n) is 3.60. The van der Waals surface area contributed by atoms with Crippen molar-refractivity contribution in [3.05, 3.63) is 120 Å². The van der Waals surface area contributed by atoms with Crippen LogP contribution in [0.2, 0.25) is 0 Å². The number of halogens is 1. The van der Waals surface area contributed by atoms with E-state index in [0.717, 1.165) is 11.2 Å². The highest BCUT2D eigenvalue weighted by molar-refractivity contribution is 7.91. The van der Waals surface area contributed by atoms with Gasteiger partial charge in [-0.25, -0.2) is 17.8 Å². The van der Waals surface area contributed by atoms with Crippen LogP contribution >= 0.6 is 0 Å². The van der Waals surface area contributed by atoms with Gasteiger partial charge in [0, 0.05) is 25.1 Å². The van der Waals surface area contributed by atoms with Gasteiger partial charge in [-0.1, -0.05) is 18.2 Å². The van der Waals surface area contributed by atoms with Crippen LogP contribution in [0.4, 0.5) is 4.39 Å². The van der Waals surface area contributed by atoms with Crippen LogP contribution in [0.5, 0.6) is 11.5 Å². The highest BCUT2D eigenvalue weighted by atomic mass is 32.2. The molecular formula is C27H20FN3O4S. The van der Waals surface area contributed by atoms with Gasteiger partial charge in [-0.05, 0) is 72.3 Å². The van der Waals surface area contributed by atoms with Crippen LogP contribution in [0.3, 0.4) is 0 Å². The zero-order valence-corrected chi connectivity index (χ0v) is 19.7. The molecule has 9 heteroatoms. The third-order valence-electron chi connectivity index (χ3n) is 5.50. The molecule has 0 aliphatic heterocycles. The summed E-state index contributed by atoms with van der Waals surface area (Å²) in [6.45, 7) is 0.238. The van der Waals surface area contributed by atoms with Gasteiger partial charge in [-0.15, -0.1) is 0 Å². The summed E-state index contributed by atoms with van der Waals surface area (Å²) in [5.74, 6) is 0.0659. The molecule has 0 saturated carbocycles. The van der Waals surface area contributed by atoms with Crippen molar-refractivity contribution in [2.24, 2.45) is 0 Å². The predicted octanol–water partition coefficient (Wildman–Crippen LogP) is 5.03. The number of nitrogens with one attached hydrogen (secondary N) is 1. The topological polar surface area (TPSA) is 89.8 Å². The van der Waals surface area contributed by atoms with Gasteiger partial charge in [0.25, 0.3) is 5.91 Å². The number of hydrogen-bond acceptors (Lipinski definition) is 5. The maximum atomic E-state index is 13.1. The Hall–Kier alpha value is -4.50. The van der Waals surface area contributed by atoms with Crippen molar-refractivity contribution in [2.45, 2.75) is 16.3 Å². The van der Waals surface area contributed by atoms with E-state index in [-0.39, 0.29) is 22.2 Å². The van der Waals surface area contributed by atoms with Crippen molar-refractivity contribution < 1.29 is 22.3 Å². The number of benzene rings is 3. The van der Waals surface area contributed by atoms with Crippen molar-refractivity contribution >= 4 is 21.4 Å². The number of carbonyl (C=O) groups is 1. The van der Waals surface area contributed by atoms with Crippen LogP contribution in [0.1, 0.15) is 15.9 Å². The highest BCUT2D eigenvalue weighted by Gasteiger charge is 2.18. The zero-order chi connectivity index (χ0) is 25.1. The number of fused-ring (bicyclic) bond motifs is 1. The van der Waals surface area contributed by atoms with Gasteiger partial charge in [0.1, 0.15) is 23.0 Å². The first-order chi connectivity index (χ1) is 17.4. The van der Waals surface area contributed by atoms with Crippen LogP contribution in [-0.2, 0) is 16.4 Å². The Bertz CT molecular complexity index is 1650. The number of amides is 1. The van der Waals surface area contributed by atoms with E-state index in [0.29, 0.717) is 17.1 Å². The molecule has 2 heterocycles. The first kappa shape index (κ1) is 23.3. The van der Waals surface area contributed by atoms with E-state index in [9.17, 15) is 17.6 Å². The number of pyridine rings is 1. The van der Waals surface area contributed by atoms with Gasteiger partial charge in [0.05, 0.1) is 15.4 Å². The lowest BCUT2D eigenvalue weighted by atomic mass is 10.2. The molecular weight excluding hydrogens is 481 g/mol. The van der Waals surface area contributed by atoms with Crippen LogP contribution in [0.15, 0.2) is 113 Å². The largest absolute Gasteiger partial charge is 0.457 e. The second kappa shape index (κ2) is 9.63. The number of nitrogens with zero attached hydrogens (tertiary/aromatic N) is 2. The average molecular weight is 502 g/mol. The third-order valence-corrected chi connectivity index (χ3v) is 7.27. The molecule has 0 unspecified atom stereocenters. The molecule has 0 aliphatic rings. The van der Waals surface area contributed by atoms with E-state index >= 15 is 0 Å². The first-order valence-corrected chi connectivity index (χ1v) is 12.5. The molecule has 5 aromatic rings. The monoisotopic (exact) mass is 501 g/mol. The smallest absolute Gasteiger partial charge is 0.253 e. The van der Waals surface area contributed by atoms with Crippen molar-refractivity contribution in [2.75, 3.05) is 0 Å². The Morgan fingerprint density at radius 1 is 0.917 bits per heavy atom. The molecule has 0 radical (unpaired) electrons. The molecule has 2 aromatic heterocycles. The molecule has 0 bridgehead atoms. The minimum Gasteiger partial charge on any atom is -0.457 e. The number of aromatic nitrogens is 2. The van der Waals surface area contributed by atoms with E-state index < -0.39 is 15.7 Å². The number of rotatable bonds is 7. The maximum absolute atomic E-state index is 13.1. The molecule has 0 fully saturated rings. The summed E-state index contributed by atoms with van der Waals surface area (Å²) in [4.78, 5) is 16.8. The summed E-state index contributed by atoms with van der Waals surface area (Å²) in [5.41, 5.74) is 1.98. The summed E-state index contributed by atoms with van der Waals surface area (Å²) < 4.78 is 46.8. The minimum absolute atomic E-state index is 0.0676. The Balaban J connectivity index is 1.26. The summed E-state index contributed by atoms with van der Waals surface area (Å²) >= 11 is 0. The molecule has 0 saturated heterocycles. The minimum atomic E-state index is -3.80. The standard InChI is InChI=1S/C27H20FN3O4S/c28-21-7-9-22(10-8-21)35-23-2-1-3-25(16-23)36(33,34)24-11-4-19(5-12-24)17-30-27(32)20-6-13-26-29-14-15-31(26)18-20/h1-16,18H,17H2,(H,30,32). The summed E-state index contributed by atoms with van der Waals surface area (Å²) in [6.07, 6.45) is 5.11.